The van der Waals surface area contributed by atoms with Gasteiger partial charge in [-0.3, -0.25) is 9.59 Å². The van der Waals surface area contributed by atoms with Gasteiger partial charge in [-0.05, 0) is 69.3 Å². The molecule has 0 aromatic heterocycles. The van der Waals surface area contributed by atoms with Crippen LogP contribution in [0.25, 0.3) is 0 Å². The first-order chi connectivity index (χ1) is 20.3. The highest BCUT2D eigenvalue weighted by Gasteiger charge is 2.24. The number of para-hydroxylation sites is 1. The summed E-state index contributed by atoms with van der Waals surface area (Å²) in [5.74, 6) is 1.51. The molecule has 1 atom stereocenters. The maximum absolute atomic E-state index is 12.3. The first-order valence-electron chi connectivity index (χ1n) is 15.1. The average Bonchev–Trinajstić information content (AvgIpc) is 3.82. The minimum atomic E-state index is -0.220. The molecule has 3 rings (SSSR count). The Kier molecular flexibility index (Phi) is 20.8. The second-order valence-corrected chi connectivity index (χ2v) is 10.8. The van der Waals surface area contributed by atoms with Gasteiger partial charge < -0.3 is 30.8 Å². The van der Waals surface area contributed by atoms with Crippen molar-refractivity contribution in [2.45, 2.75) is 71.8 Å². The smallest absolute Gasteiger partial charge is 0.237 e. The zero-order valence-corrected chi connectivity index (χ0v) is 26.6. The number of benzene rings is 2. The van der Waals surface area contributed by atoms with Crippen molar-refractivity contribution in [3.05, 3.63) is 64.7 Å². The van der Waals surface area contributed by atoms with Crippen LogP contribution in [-0.4, -0.2) is 64.0 Å². The van der Waals surface area contributed by atoms with Gasteiger partial charge >= 0.3 is 0 Å². The second kappa shape index (κ2) is 23.6. The predicted molar refractivity (Wildman–Crippen MR) is 172 cm³/mol. The van der Waals surface area contributed by atoms with Crippen LogP contribution in [0.3, 0.4) is 0 Å². The molecule has 2 aromatic carbocycles. The minimum Gasteiger partial charge on any atom is -0.492 e. The standard InChI is InChI=1S/C23H36N4O4.C7H7Cl.C3H8/c1-24-20(11-10-18-8-9-18)23(30)27-12-4-6-19-5-2-3-7-21(19)31-16-14-25-17-22(29)26-13-15-28;1-6-2-4-7(8)5-3-6;1-3-2/h2-3,5,7,15,18,20,24-25H,4,6,8-14,16-17H2,1H3,(H,26,29)(H,27,30);2-5H,1H3;3H2,1-2H3. The topological polar surface area (TPSA) is 109 Å². The Balaban J connectivity index is 0.000000671. The van der Waals surface area contributed by atoms with Crippen LogP contribution < -0.4 is 26.0 Å². The molecule has 1 aliphatic carbocycles. The minimum absolute atomic E-state index is 0.0287. The van der Waals surface area contributed by atoms with E-state index in [1.807, 2.05) is 62.5 Å². The maximum Gasteiger partial charge on any atom is 0.237 e. The number of aldehydes is 1. The molecule has 2 amide bonds. The number of likely N-dealkylation sites (N-methyl/N-ethyl adjacent to an activating group) is 1. The largest absolute Gasteiger partial charge is 0.492 e. The number of carbonyl (C=O) groups excluding carboxylic acids is 3. The molecule has 9 heteroatoms. The lowest BCUT2D eigenvalue weighted by atomic mass is 10.1. The predicted octanol–water partition coefficient (Wildman–Crippen LogP) is 4.86. The van der Waals surface area contributed by atoms with Crippen molar-refractivity contribution in [2.75, 3.05) is 39.8 Å². The summed E-state index contributed by atoms with van der Waals surface area (Å²) in [6, 6.07) is 15.5. The third-order valence-corrected chi connectivity index (χ3v) is 6.59. The van der Waals surface area contributed by atoms with Crippen LogP contribution in [0.2, 0.25) is 5.02 Å². The van der Waals surface area contributed by atoms with Crippen LogP contribution in [-0.2, 0) is 20.8 Å². The highest BCUT2D eigenvalue weighted by molar-refractivity contribution is 6.30. The van der Waals surface area contributed by atoms with Crippen LogP contribution in [0.4, 0.5) is 0 Å². The second-order valence-electron chi connectivity index (χ2n) is 10.4. The molecule has 2 aromatic rings. The Morgan fingerprint density at radius 2 is 1.74 bits per heavy atom. The molecule has 8 nitrogen and oxygen atoms in total. The summed E-state index contributed by atoms with van der Waals surface area (Å²) < 4.78 is 5.85. The monoisotopic (exact) mass is 602 g/mol. The summed E-state index contributed by atoms with van der Waals surface area (Å²) in [6.07, 6.45) is 8.19. The van der Waals surface area contributed by atoms with Gasteiger partial charge in [-0.2, -0.15) is 0 Å². The van der Waals surface area contributed by atoms with Crippen molar-refractivity contribution in [3.8, 4) is 5.75 Å². The molecular weight excluding hydrogens is 552 g/mol. The fourth-order valence-corrected chi connectivity index (χ4v) is 3.99. The third kappa shape index (κ3) is 18.5. The van der Waals surface area contributed by atoms with E-state index in [0.717, 1.165) is 47.9 Å². The number of ether oxygens (including phenoxy) is 1. The van der Waals surface area contributed by atoms with E-state index >= 15 is 0 Å². The van der Waals surface area contributed by atoms with E-state index in [2.05, 4.69) is 35.1 Å². The average molecular weight is 603 g/mol. The van der Waals surface area contributed by atoms with Crippen LogP contribution in [0, 0.1) is 12.8 Å². The molecule has 4 N–H and O–H groups in total. The SMILES string of the molecule is CCC.CNC(CCC1CC1)C(=O)NCCCc1ccccc1OCCNCC(=O)NCC=O.Cc1ccc(Cl)cc1. The molecule has 1 saturated carbocycles. The molecule has 0 heterocycles. The van der Waals surface area contributed by atoms with Crippen LogP contribution in [0.15, 0.2) is 48.5 Å². The molecule has 1 fully saturated rings. The quantitative estimate of drug-likeness (QED) is 0.152. The normalized spacial score (nSPS) is 12.5. The number of amides is 2. The molecule has 0 aliphatic heterocycles. The fraction of sp³-hybridized carbons (Fsp3) is 0.545. The Morgan fingerprint density at radius 3 is 2.36 bits per heavy atom. The van der Waals surface area contributed by atoms with Gasteiger partial charge in [0.05, 0.1) is 19.1 Å². The van der Waals surface area contributed by atoms with Gasteiger partial charge in [0, 0.05) is 18.1 Å². The molecule has 0 saturated heterocycles. The van der Waals surface area contributed by atoms with Crippen LogP contribution >= 0.6 is 11.6 Å². The first kappa shape index (κ1) is 37.1. The molecular formula is C33H51ClN4O4. The Bertz CT molecular complexity index is 994. The number of hydrogen-bond donors (Lipinski definition) is 4. The highest BCUT2D eigenvalue weighted by Crippen LogP contribution is 2.33. The van der Waals surface area contributed by atoms with Gasteiger partial charge in [-0.25, -0.2) is 0 Å². The Labute approximate surface area is 257 Å². The summed E-state index contributed by atoms with van der Waals surface area (Å²) in [7, 11) is 1.84. The summed E-state index contributed by atoms with van der Waals surface area (Å²) >= 11 is 5.61. The van der Waals surface area contributed by atoms with Crippen molar-refractivity contribution in [1.82, 2.24) is 21.3 Å². The first-order valence-corrected chi connectivity index (χ1v) is 15.5. The van der Waals surface area contributed by atoms with Gasteiger partial charge in [-0.15, -0.1) is 0 Å². The fourth-order valence-electron chi connectivity index (χ4n) is 3.87. The molecule has 1 aliphatic rings. The summed E-state index contributed by atoms with van der Waals surface area (Å²) in [5.41, 5.74) is 2.34. The van der Waals surface area contributed by atoms with E-state index < -0.39 is 0 Å². The van der Waals surface area contributed by atoms with Gasteiger partial charge in [0.2, 0.25) is 11.8 Å². The molecule has 0 radical (unpaired) electrons. The lowest BCUT2D eigenvalue weighted by molar-refractivity contribution is -0.123. The summed E-state index contributed by atoms with van der Waals surface area (Å²) in [4.78, 5) is 34.0. The lowest BCUT2D eigenvalue weighted by Gasteiger charge is -2.16. The third-order valence-electron chi connectivity index (χ3n) is 6.34. The van der Waals surface area contributed by atoms with Crippen molar-refractivity contribution >= 4 is 29.7 Å². The van der Waals surface area contributed by atoms with E-state index in [4.69, 9.17) is 16.3 Å². The summed E-state index contributed by atoms with van der Waals surface area (Å²) in [5, 5.41) is 12.4. The van der Waals surface area contributed by atoms with Gasteiger partial charge in [-0.1, -0.05) is 80.6 Å². The van der Waals surface area contributed by atoms with Gasteiger partial charge in [0.25, 0.3) is 0 Å². The maximum atomic E-state index is 12.3. The highest BCUT2D eigenvalue weighted by atomic mass is 35.5. The van der Waals surface area contributed by atoms with E-state index in [-0.39, 0.29) is 30.9 Å². The van der Waals surface area contributed by atoms with Crippen molar-refractivity contribution < 1.29 is 19.1 Å². The number of nitrogens with one attached hydrogen (secondary N) is 4. The van der Waals surface area contributed by atoms with Crippen molar-refractivity contribution in [3.63, 3.8) is 0 Å². The zero-order valence-electron chi connectivity index (χ0n) is 25.8. The number of rotatable bonds is 17. The van der Waals surface area contributed by atoms with Crippen LogP contribution in [0.1, 0.15) is 63.5 Å². The van der Waals surface area contributed by atoms with Crippen molar-refractivity contribution in [2.24, 2.45) is 5.92 Å². The number of hydrogen-bond acceptors (Lipinski definition) is 6. The van der Waals surface area contributed by atoms with Crippen LogP contribution in [0.5, 0.6) is 5.75 Å². The van der Waals surface area contributed by atoms with E-state index in [0.29, 0.717) is 26.0 Å². The van der Waals surface area contributed by atoms with Gasteiger partial charge in [0.1, 0.15) is 18.6 Å². The lowest BCUT2D eigenvalue weighted by Crippen LogP contribution is -2.43. The Morgan fingerprint density at radius 1 is 1.05 bits per heavy atom. The Hall–Kier alpha value is -2.94. The number of carbonyl (C=O) groups is 3. The number of aryl methyl sites for hydroxylation is 2. The van der Waals surface area contributed by atoms with E-state index in [9.17, 15) is 14.4 Å². The van der Waals surface area contributed by atoms with Crippen molar-refractivity contribution in [1.29, 1.82) is 0 Å². The number of halogens is 1. The molecule has 234 valence electrons. The van der Waals surface area contributed by atoms with Gasteiger partial charge in [0.15, 0.2) is 0 Å². The molecule has 0 spiro atoms. The van der Waals surface area contributed by atoms with E-state index in [1.54, 1.807) is 0 Å². The summed E-state index contributed by atoms with van der Waals surface area (Å²) in [6.45, 7) is 8.04. The molecule has 1 unspecified atom stereocenters. The molecule has 0 bridgehead atoms. The molecule has 42 heavy (non-hydrogen) atoms. The van der Waals surface area contributed by atoms with E-state index in [1.165, 1.54) is 24.8 Å². The zero-order chi connectivity index (χ0) is 31.0.